The molecule has 0 aliphatic carbocycles. The number of rotatable bonds is 3. The van der Waals surface area contributed by atoms with Crippen LogP contribution < -0.4 is 11.1 Å². The van der Waals surface area contributed by atoms with E-state index < -0.39 is 9.84 Å². The summed E-state index contributed by atoms with van der Waals surface area (Å²) in [5, 5.41) is 2.71. The monoisotopic (exact) mass is 254 g/mol. The number of nitrogens with one attached hydrogen (secondary N) is 1. The number of carbonyl (C=O) groups is 1. The first kappa shape index (κ1) is 12.1. The molecule has 1 aromatic rings. The molecule has 2 rings (SSSR count). The van der Waals surface area contributed by atoms with Crippen molar-refractivity contribution in [3.8, 4) is 0 Å². The minimum Gasteiger partial charge on any atom is -0.329 e. The van der Waals surface area contributed by atoms with Crippen molar-refractivity contribution in [2.24, 2.45) is 5.73 Å². The first-order valence-corrected chi connectivity index (χ1v) is 7.04. The summed E-state index contributed by atoms with van der Waals surface area (Å²) in [5.41, 5.74) is 6.84. The van der Waals surface area contributed by atoms with Crippen molar-refractivity contribution in [1.29, 1.82) is 0 Å². The number of hydrogen-bond donors (Lipinski definition) is 2. The molecule has 0 fully saturated rings. The summed E-state index contributed by atoms with van der Waals surface area (Å²) in [6.07, 6.45) is 0.973. The van der Waals surface area contributed by atoms with Gasteiger partial charge in [0.05, 0.1) is 10.6 Å². The number of sulfone groups is 1. The maximum Gasteiger partial charge on any atom is 0.224 e. The first-order valence-electron chi connectivity index (χ1n) is 5.38. The van der Waals surface area contributed by atoms with Gasteiger partial charge in [0.1, 0.15) is 0 Å². The topological polar surface area (TPSA) is 89.3 Å². The highest BCUT2D eigenvalue weighted by Gasteiger charge is 2.19. The van der Waals surface area contributed by atoms with Crippen LogP contribution >= 0.6 is 0 Å². The number of nitrogens with two attached hydrogens (primary N) is 1. The highest BCUT2D eigenvalue weighted by molar-refractivity contribution is 7.91. The van der Waals surface area contributed by atoms with Gasteiger partial charge in [-0.25, -0.2) is 8.42 Å². The molecule has 92 valence electrons. The Labute approximate surface area is 99.9 Å². The molecule has 1 aromatic carbocycles. The lowest BCUT2D eigenvalue weighted by atomic mass is 10.0. The molecule has 6 heteroatoms. The molecule has 1 heterocycles. The average molecular weight is 254 g/mol. The third kappa shape index (κ3) is 2.48. The Kier molecular flexibility index (Phi) is 3.17. The van der Waals surface area contributed by atoms with Crippen LogP contribution in [0.3, 0.4) is 0 Å². The zero-order chi connectivity index (χ0) is 12.5. The van der Waals surface area contributed by atoms with Gasteiger partial charge in [-0.2, -0.15) is 0 Å². The van der Waals surface area contributed by atoms with Crippen LogP contribution in [0.2, 0.25) is 0 Å². The molecule has 5 nitrogen and oxygen atoms in total. The fourth-order valence-electron chi connectivity index (χ4n) is 1.83. The van der Waals surface area contributed by atoms with Crippen molar-refractivity contribution in [3.63, 3.8) is 0 Å². The number of anilines is 1. The van der Waals surface area contributed by atoms with E-state index >= 15 is 0 Å². The Hall–Kier alpha value is -1.40. The standard InChI is InChI=1S/C11H14N2O3S/c12-5-6-17(15,16)9-2-3-10-8(7-9)1-4-11(14)13-10/h2-3,7H,1,4-6,12H2,(H,13,14). The van der Waals surface area contributed by atoms with E-state index in [0.29, 0.717) is 18.5 Å². The zero-order valence-electron chi connectivity index (χ0n) is 9.27. The molecule has 0 radical (unpaired) electrons. The molecular weight excluding hydrogens is 240 g/mol. The van der Waals surface area contributed by atoms with Gasteiger partial charge in [0.25, 0.3) is 0 Å². The Morgan fingerprint density at radius 2 is 2.06 bits per heavy atom. The van der Waals surface area contributed by atoms with Crippen LogP contribution in [0.1, 0.15) is 12.0 Å². The highest BCUT2D eigenvalue weighted by Crippen LogP contribution is 2.25. The van der Waals surface area contributed by atoms with Crippen molar-refractivity contribution in [1.82, 2.24) is 0 Å². The van der Waals surface area contributed by atoms with Crippen LogP contribution in [0.25, 0.3) is 0 Å². The molecule has 0 atom stereocenters. The van der Waals surface area contributed by atoms with Gasteiger partial charge in [-0.05, 0) is 30.2 Å². The van der Waals surface area contributed by atoms with Gasteiger partial charge >= 0.3 is 0 Å². The van der Waals surface area contributed by atoms with Gasteiger partial charge in [-0.3, -0.25) is 4.79 Å². The van der Waals surface area contributed by atoms with Gasteiger partial charge in [0.2, 0.25) is 5.91 Å². The van der Waals surface area contributed by atoms with E-state index in [1.807, 2.05) is 0 Å². The molecule has 1 amide bonds. The normalized spacial score (nSPS) is 15.2. The molecule has 0 bridgehead atoms. The minimum atomic E-state index is -3.30. The van der Waals surface area contributed by atoms with Gasteiger partial charge < -0.3 is 11.1 Å². The fraction of sp³-hybridized carbons (Fsp3) is 0.364. The second-order valence-electron chi connectivity index (χ2n) is 3.97. The lowest BCUT2D eigenvalue weighted by molar-refractivity contribution is -0.116. The number of fused-ring (bicyclic) bond motifs is 1. The van der Waals surface area contributed by atoms with E-state index in [1.165, 1.54) is 6.07 Å². The summed E-state index contributed by atoms with van der Waals surface area (Å²) in [4.78, 5) is 11.4. The fourth-order valence-corrected chi connectivity index (χ4v) is 2.97. The summed E-state index contributed by atoms with van der Waals surface area (Å²) in [7, 11) is -3.30. The number of carbonyl (C=O) groups excluding carboxylic acids is 1. The van der Waals surface area contributed by atoms with Crippen LogP contribution in [0.5, 0.6) is 0 Å². The molecule has 0 spiro atoms. The lowest BCUT2D eigenvalue weighted by Gasteiger charge is -2.17. The van der Waals surface area contributed by atoms with E-state index in [2.05, 4.69) is 5.32 Å². The van der Waals surface area contributed by atoms with Crippen LogP contribution in [-0.4, -0.2) is 26.6 Å². The van der Waals surface area contributed by atoms with E-state index in [-0.39, 0.29) is 23.1 Å². The number of amides is 1. The van der Waals surface area contributed by atoms with Gasteiger partial charge in [0, 0.05) is 18.7 Å². The molecule has 0 unspecified atom stereocenters. The molecule has 17 heavy (non-hydrogen) atoms. The lowest BCUT2D eigenvalue weighted by Crippen LogP contribution is -2.20. The third-order valence-corrected chi connectivity index (χ3v) is 4.46. The van der Waals surface area contributed by atoms with E-state index in [4.69, 9.17) is 5.73 Å². The number of aryl methyl sites for hydroxylation is 1. The van der Waals surface area contributed by atoms with Crippen molar-refractivity contribution < 1.29 is 13.2 Å². The van der Waals surface area contributed by atoms with Crippen LogP contribution in [0, 0.1) is 0 Å². The van der Waals surface area contributed by atoms with Gasteiger partial charge in [0.15, 0.2) is 9.84 Å². The van der Waals surface area contributed by atoms with Gasteiger partial charge in [-0.15, -0.1) is 0 Å². The molecule has 0 saturated carbocycles. The summed E-state index contributed by atoms with van der Waals surface area (Å²) in [6, 6.07) is 4.77. The van der Waals surface area contributed by atoms with Crippen molar-refractivity contribution in [2.75, 3.05) is 17.6 Å². The van der Waals surface area contributed by atoms with E-state index in [0.717, 1.165) is 5.56 Å². The quantitative estimate of drug-likeness (QED) is 0.812. The molecule has 1 aliphatic rings. The summed E-state index contributed by atoms with van der Waals surface area (Å²) >= 11 is 0. The van der Waals surface area contributed by atoms with Crippen LogP contribution in [-0.2, 0) is 21.1 Å². The molecule has 1 aliphatic heterocycles. The Morgan fingerprint density at radius 1 is 1.29 bits per heavy atom. The van der Waals surface area contributed by atoms with Crippen molar-refractivity contribution in [3.05, 3.63) is 23.8 Å². The van der Waals surface area contributed by atoms with Gasteiger partial charge in [-0.1, -0.05) is 0 Å². The Balaban J connectivity index is 2.38. The highest BCUT2D eigenvalue weighted by atomic mass is 32.2. The SMILES string of the molecule is NCCS(=O)(=O)c1ccc2c(c1)CCC(=O)N2. The smallest absolute Gasteiger partial charge is 0.224 e. The number of benzene rings is 1. The first-order chi connectivity index (χ1) is 8.03. The third-order valence-electron chi connectivity index (χ3n) is 2.72. The summed E-state index contributed by atoms with van der Waals surface area (Å²) in [5.74, 6) is -0.0897. The van der Waals surface area contributed by atoms with E-state index in [9.17, 15) is 13.2 Å². The predicted octanol–water partition coefficient (Wildman–Crippen LogP) is 0.304. The second kappa shape index (κ2) is 4.46. The van der Waals surface area contributed by atoms with E-state index in [1.54, 1.807) is 12.1 Å². The Bertz CT molecular complexity index is 552. The molecule has 3 N–H and O–H groups in total. The van der Waals surface area contributed by atoms with Crippen molar-refractivity contribution in [2.45, 2.75) is 17.7 Å². The van der Waals surface area contributed by atoms with Crippen LogP contribution in [0.4, 0.5) is 5.69 Å². The minimum absolute atomic E-state index is 0.0323. The Morgan fingerprint density at radius 3 is 2.76 bits per heavy atom. The maximum atomic E-state index is 11.8. The zero-order valence-corrected chi connectivity index (χ0v) is 10.1. The van der Waals surface area contributed by atoms with Crippen LogP contribution in [0.15, 0.2) is 23.1 Å². The maximum absolute atomic E-state index is 11.8. The summed E-state index contributed by atoms with van der Waals surface area (Å²) in [6.45, 7) is 0.107. The summed E-state index contributed by atoms with van der Waals surface area (Å²) < 4.78 is 23.6. The second-order valence-corrected chi connectivity index (χ2v) is 6.08. The van der Waals surface area contributed by atoms with Crippen molar-refractivity contribution >= 4 is 21.4 Å². The molecular formula is C11H14N2O3S. The largest absolute Gasteiger partial charge is 0.329 e. The predicted molar refractivity (Wildman–Crippen MR) is 64.5 cm³/mol. The number of hydrogen-bond acceptors (Lipinski definition) is 4. The average Bonchev–Trinajstić information content (AvgIpc) is 2.28. The molecule has 0 aromatic heterocycles. The molecule has 0 saturated heterocycles.